The van der Waals surface area contributed by atoms with Crippen molar-refractivity contribution in [3.8, 4) is 33.4 Å². The van der Waals surface area contributed by atoms with Gasteiger partial charge in [0.25, 0.3) is 0 Å². The second-order valence-corrected chi connectivity index (χ2v) is 13.3. The summed E-state index contributed by atoms with van der Waals surface area (Å²) in [6.07, 6.45) is 0. The highest BCUT2D eigenvalue weighted by atomic mass is 16.3. The van der Waals surface area contributed by atoms with Crippen molar-refractivity contribution in [1.82, 2.24) is 0 Å². The summed E-state index contributed by atoms with van der Waals surface area (Å²) in [4.78, 5) is 0. The lowest BCUT2D eigenvalue weighted by molar-refractivity contribution is 0.663. The van der Waals surface area contributed by atoms with Crippen LogP contribution in [0, 0.1) is 0 Å². The summed E-state index contributed by atoms with van der Waals surface area (Å²) in [7, 11) is 0. The minimum atomic E-state index is -0.200. The van der Waals surface area contributed by atoms with Crippen LogP contribution in [0.5, 0.6) is 0 Å². The van der Waals surface area contributed by atoms with E-state index in [0.29, 0.717) is 0 Å². The van der Waals surface area contributed by atoms with Crippen molar-refractivity contribution in [3.05, 3.63) is 157 Å². The van der Waals surface area contributed by atoms with Crippen molar-refractivity contribution in [2.24, 2.45) is 0 Å². The number of furan rings is 1. The molecule has 0 bridgehead atoms. The third kappa shape index (κ3) is 3.46. The molecule has 0 saturated carbocycles. The van der Waals surface area contributed by atoms with E-state index in [9.17, 15) is 0 Å². The van der Waals surface area contributed by atoms with Gasteiger partial charge in [-0.1, -0.05) is 129 Å². The second kappa shape index (κ2) is 9.19. The van der Waals surface area contributed by atoms with E-state index >= 15 is 0 Å². The summed E-state index contributed by atoms with van der Waals surface area (Å²) in [5, 5.41) is 9.82. The molecule has 0 amide bonds. The molecule has 0 saturated heterocycles. The van der Waals surface area contributed by atoms with Crippen molar-refractivity contribution in [2.75, 3.05) is 0 Å². The Kier molecular flexibility index (Phi) is 5.12. The van der Waals surface area contributed by atoms with Crippen molar-refractivity contribution in [2.45, 2.75) is 19.3 Å². The van der Waals surface area contributed by atoms with Crippen LogP contribution in [0.3, 0.4) is 0 Å². The SMILES string of the molecule is CC1(C)c2cc(-c3cccc4oc5c6ccccc6ccc5c34)ccc2-c2c1c(-c1ccc3ccccc3c1)cc1ccccc21. The van der Waals surface area contributed by atoms with Crippen LogP contribution in [0.4, 0.5) is 0 Å². The van der Waals surface area contributed by atoms with Crippen LogP contribution in [-0.4, -0.2) is 0 Å². The van der Waals surface area contributed by atoms with E-state index in [0.717, 1.165) is 21.9 Å². The lowest BCUT2D eigenvalue weighted by Crippen LogP contribution is -2.16. The maximum atomic E-state index is 6.56. The topological polar surface area (TPSA) is 13.1 Å². The van der Waals surface area contributed by atoms with Crippen LogP contribution in [0.25, 0.3) is 87.6 Å². The smallest absolute Gasteiger partial charge is 0.143 e. The molecule has 0 spiro atoms. The maximum Gasteiger partial charge on any atom is 0.143 e. The number of hydrogen-bond donors (Lipinski definition) is 0. The Bertz CT molecular complexity index is 2720. The lowest BCUT2D eigenvalue weighted by atomic mass is 9.77. The van der Waals surface area contributed by atoms with E-state index in [2.05, 4.69) is 159 Å². The van der Waals surface area contributed by atoms with Gasteiger partial charge in [-0.3, -0.25) is 0 Å². The Balaban J connectivity index is 1.22. The average molecular weight is 587 g/mol. The molecule has 1 aliphatic rings. The molecule has 1 nitrogen and oxygen atoms in total. The van der Waals surface area contributed by atoms with Crippen molar-refractivity contribution in [3.63, 3.8) is 0 Å². The molecule has 0 fully saturated rings. The van der Waals surface area contributed by atoms with Crippen LogP contribution in [0.2, 0.25) is 0 Å². The van der Waals surface area contributed by atoms with E-state index in [1.165, 1.54) is 76.8 Å². The fourth-order valence-electron chi connectivity index (χ4n) is 8.24. The molecule has 0 N–H and O–H groups in total. The minimum Gasteiger partial charge on any atom is -0.455 e. The first-order chi connectivity index (χ1) is 22.6. The molecule has 1 heteroatoms. The van der Waals surface area contributed by atoms with Gasteiger partial charge in [0, 0.05) is 21.6 Å². The van der Waals surface area contributed by atoms with E-state index < -0.39 is 0 Å². The van der Waals surface area contributed by atoms with Gasteiger partial charge < -0.3 is 4.42 Å². The Morgan fingerprint density at radius 3 is 2.02 bits per heavy atom. The van der Waals surface area contributed by atoms with Crippen LogP contribution >= 0.6 is 0 Å². The highest BCUT2D eigenvalue weighted by Gasteiger charge is 2.39. The third-order valence-electron chi connectivity index (χ3n) is 10.4. The van der Waals surface area contributed by atoms with E-state index in [1.54, 1.807) is 0 Å². The first-order valence-electron chi connectivity index (χ1n) is 16.1. The maximum absolute atomic E-state index is 6.56. The van der Waals surface area contributed by atoms with Gasteiger partial charge in [-0.15, -0.1) is 0 Å². The Labute approximate surface area is 267 Å². The first-order valence-corrected chi connectivity index (χ1v) is 16.1. The van der Waals surface area contributed by atoms with Crippen molar-refractivity contribution in [1.29, 1.82) is 0 Å². The van der Waals surface area contributed by atoms with E-state index in [-0.39, 0.29) is 5.41 Å². The molecule has 1 aliphatic carbocycles. The Hall–Kier alpha value is -5.66. The standard InChI is InChI=1S/C45H30O/c1-45(2)39-26-32(33-16-9-17-40-41(33)37-23-20-28-11-5-8-15-35(28)44(37)46-40)21-22-36(39)42-34-14-7-6-13-30(34)25-38(43(42)45)31-19-18-27-10-3-4-12-29(27)24-31/h3-26H,1-2H3. The molecule has 0 unspecified atom stereocenters. The molecule has 0 radical (unpaired) electrons. The summed E-state index contributed by atoms with van der Waals surface area (Å²) >= 11 is 0. The van der Waals surface area contributed by atoms with Gasteiger partial charge in [-0.25, -0.2) is 0 Å². The number of benzene rings is 8. The summed E-state index contributed by atoms with van der Waals surface area (Å²) < 4.78 is 6.56. The fraction of sp³-hybridized carbons (Fsp3) is 0.0667. The van der Waals surface area contributed by atoms with Crippen LogP contribution < -0.4 is 0 Å². The number of rotatable bonds is 2. The molecule has 0 atom stereocenters. The molecule has 10 rings (SSSR count). The van der Waals surface area contributed by atoms with Crippen molar-refractivity contribution >= 4 is 54.3 Å². The second-order valence-electron chi connectivity index (χ2n) is 13.3. The van der Waals surface area contributed by atoms with Crippen LogP contribution in [-0.2, 0) is 5.41 Å². The average Bonchev–Trinajstić information content (AvgIpc) is 3.60. The molecule has 216 valence electrons. The van der Waals surface area contributed by atoms with Gasteiger partial charge in [-0.05, 0) is 102 Å². The Morgan fingerprint density at radius 1 is 0.457 bits per heavy atom. The zero-order valence-electron chi connectivity index (χ0n) is 25.8. The summed E-state index contributed by atoms with van der Waals surface area (Å²) in [5.74, 6) is 0. The molecule has 1 heterocycles. The van der Waals surface area contributed by atoms with E-state index in [4.69, 9.17) is 4.42 Å². The predicted molar refractivity (Wildman–Crippen MR) is 195 cm³/mol. The normalized spacial score (nSPS) is 13.6. The molecule has 8 aromatic carbocycles. The largest absolute Gasteiger partial charge is 0.455 e. The van der Waals surface area contributed by atoms with Gasteiger partial charge in [0.2, 0.25) is 0 Å². The van der Waals surface area contributed by atoms with Gasteiger partial charge in [0.1, 0.15) is 11.2 Å². The predicted octanol–water partition coefficient (Wildman–Crippen LogP) is 12.7. The van der Waals surface area contributed by atoms with E-state index in [1.807, 2.05) is 0 Å². The lowest BCUT2D eigenvalue weighted by Gasteiger charge is -2.26. The summed E-state index contributed by atoms with van der Waals surface area (Å²) in [5.41, 5.74) is 12.2. The van der Waals surface area contributed by atoms with Crippen molar-refractivity contribution < 1.29 is 4.42 Å². The number of fused-ring (bicyclic) bond motifs is 11. The third-order valence-corrected chi connectivity index (χ3v) is 10.4. The molecule has 1 aromatic heterocycles. The first kappa shape index (κ1) is 25.6. The monoisotopic (exact) mass is 586 g/mol. The fourth-order valence-corrected chi connectivity index (χ4v) is 8.24. The Morgan fingerprint density at radius 2 is 1.15 bits per heavy atom. The zero-order chi connectivity index (χ0) is 30.6. The molecule has 0 aliphatic heterocycles. The summed E-state index contributed by atoms with van der Waals surface area (Å²) in [6, 6.07) is 53.4. The summed E-state index contributed by atoms with van der Waals surface area (Å²) in [6.45, 7) is 4.81. The zero-order valence-corrected chi connectivity index (χ0v) is 25.8. The van der Waals surface area contributed by atoms with Gasteiger partial charge in [0.15, 0.2) is 0 Å². The van der Waals surface area contributed by atoms with Crippen LogP contribution in [0.15, 0.2) is 150 Å². The number of hydrogen-bond acceptors (Lipinski definition) is 1. The molecule has 9 aromatic rings. The molecular formula is C45H30O. The van der Waals surface area contributed by atoms with Crippen LogP contribution in [0.1, 0.15) is 25.0 Å². The van der Waals surface area contributed by atoms with Gasteiger partial charge in [-0.2, -0.15) is 0 Å². The van der Waals surface area contributed by atoms with Gasteiger partial charge in [0.05, 0.1) is 0 Å². The molecular weight excluding hydrogens is 556 g/mol. The quantitative estimate of drug-likeness (QED) is 0.196. The highest BCUT2D eigenvalue weighted by molar-refractivity contribution is 6.19. The molecule has 46 heavy (non-hydrogen) atoms. The van der Waals surface area contributed by atoms with Gasteiger partial charge >= 0.3 is 0 Å². The highest BCUT2D eigenvalue weighted by Crippen LogP contribution is 2.56. The minimum absolute atomic E-state index is 0.200.